The van der Waals surface area contributed by atoms with E-state index in [1.165, 1.54) is 0 Å². The molecule has 38 heavy (non-hydrogen) atoms. The Balaban J connectivity index is 1.86. The lowest BCUT2D eigenvalue weighted by Crippen LogP contribution is -2.32. The first-order chi connectivity index (χ1) is 17.8. The lowest BCUT2D eigenvalue weighted by Gasteiger charge is -2.32. The molecule has 2 aliphatic rings. The van der Waals surface area contributed by atoms with Crippen molar-refractivity contribution in [3.8, 4) is 28.1 Å². The van der Waals surface area contributed by atoms with E-state index in [4.69, 9.17) is 16.6 Å². The second-order valence-electron chi connectivity index (χ2n) is 12.2. The Morgan fingerprint density at radius 3 is 2.26 bits per heavy atom. The standard InChI is InChI=1S/C31H28BrClN2O3/c1-30(2)12-20-28(24(38)15-30)35-21-13-31(3,4)14-23(37)26(21)25(19-11-18(33)9-10-22(19)36)29(35)27(34-20)16-5-7-17(32)8-6-16/h5-11,36H,12-15H2,1-4H3. The molecule has 7 heteroatoms. The van der Waals surface area contributed by atoms with Gasteiger partial charge in [0.1, 0.15) is 11.4 Å². The number of Topliss-reactive ketones (excluding diaryl/α,β-unsaturated/α-hetero) is 2. The van der Waals surface area contributed by atoms with E-state index in [2.05, 4.69) is 43.6 Å². The maximum atomic E-state index is 13.9. The summed E-state index contributed by atoms with van der Waals surface area (Å²) in [5, 5.41) is 11.5. The average Bonchev–Trinajstić information content (AvgIpc) is 3.13. The molecule has 2 aromatic carbocycles. The number of hydrogen-bond donors (Lipinski definition) is 1. The van der Waals surface area contributed by atoms with Crippen LogP contribution >= 0.6 is 27.5 Å². The first-order valence-electron chi connectivity index (χ1n) is 12.8. The van der Waals surface area contributed by atoms with Gasteiger partial charge >= 0.3 is 0 Å². The van der Waals surface area contributed by atoms with Crippen LogP contribution in [0.1, 0.15) is 72.8 Å². The quantitative estimate of drug-likeness (QED) is 0.256. The molecule has 0 amide bonds. The summed E-state index contributed by atoms with van der Waals surface area (Å²) in [6, 6.07) is 12.7. The topological polar surface area (TPSA) is 71.7 Å². The van der Waals surface area contributed by atoms with Crippen LogP contribution in [0.5, 0.6) is 5.75 Å². The van der Waals surface area contributed by atoms with Crippen molar-refractivity contribution in [1.29, 1.82) is 0 Å². The number of nitrogens with zero attached hydrogens (tertiary/aromatic N) is 2. The van der Waals surface area contributed by atoms with Crippen molar-refractivity contribution >= 4 is 44.6 Å². The number of halogens is 2. The molecule has 0 fully saturated rings. The van der Waals surface area contributed by atoms with E-state index in [0.29, 0.717) is 64.3 Å². The molecule has 0 spiro atoms. The van der Waals surface area contributed by atoms with Gasteiger partial charge in [0, 0.05) is 50.3 Å². The largest absolute Gasteiger partial charge is 0.507 e. The molecule has 2 heterocycles. The van der Waals surface area contributed by atoms with Crippen LogP contribution in [0.15, 0.2) is 46.9 Å². The summed E-state index contributed by atoms with van der Waals surface area (Å²) >= 11 is 9.94. The van der Waals surface area contributed by atoms with E-state index < -0.39 is 0 Å². The average molecular weight is 592 g/mol. The fourth-order valence-electron chi connectivity index (χ4n) is 6.19. The maximum absolute atomic E-state index is 13.9. The number of benzene rings is 2. The first-order valence-corrected chi connectivity index (χ1v) is 13.9. The number of aromatic hydroxyl groups is 1. The third-order valence-electron chi connectivity index (χ3n) is 7.70. The monoisotopic (exact) mass is 590 g/mol. The number of carbonyl (C=O) groups is 2. The van der Waals surface area contributed by atoms with Gasteiger partial charge in [-0.2, -0.15) is 0 Å². The highest BCUT2D eigenvalue weighted by molar-refractivity contribution is 9.10. The van der Waals surface area contributed by atoms with E-state index in [-0.39, 0.29) is 28.1 Å². The minimum Gasteiger partial charge on any atom is -0.507 e. The lowest BCUT2D eigenvalue weighted by molar-refractivity contribution is 0.0888. The molecule has 5 nitrogen and oxygen atoms in total. The Labute approximate surface area is 235 Å². The highest BCUT2D eigenvalue weighted by atomic mass is 79.9. The normalized spacial score (nSPS) is 17.9. The molecule has 4 aromatic rings. The minimum atomic E-state index is -0.281. The van der Waals surface area contributed by atoms with Crippen molar-refractivity contribution in [2.24, 2.45) is 10.8 Å². The third-order valence-corrected chi connectivity index (χ3v) is 8.46. The first kappa shape index (κ1) is 25.3. The van der Waals surface area contributed by atoms with E-state index in [1.54, 1.807) is 18.2 Å². The summed E-state index contributed by atoms with van der Waals surface area (Å²) < 4.78 is 2.94. The van der Waals surface area contributed by atoms with E-state index in [9.17, 15) is 14.7 Å². The highest BCUT2D eigenvalue weighted by Crippen LogP contribution is 2.49. The second kappa shape index (κ2) is 8.52. The second-order valence-corrected chi connectivity index (χ2v) is 13.5. The van der Waals surface area contributed by atoms with Crippen molar-refractivity contribution in [3.05, 3.63) is 74.6 Å². The zero-order chi connectivity index (χ0) is 27.1. The predicted molar refractivity (Wildman–Crippen MR) is 153 cm³/mol. The molecule has 0 saturated carbocycles. The number of fused-ring (bicyclic) bond motifs is 5. The molecule has 0 atom stereocenters. The zero-order valence-corrected chi connectivity index (χ0v) is 24.1. The number of phenols is 1. The van der Waals surface area contributed by atoms with E-state index >= 15 is 0 Å². The van der Waals surface area contributed by atoms with Crippen LogP contribution in [-0.2, 0) is 12.8 Å². The van der Waals surface area contributed by atoms with Crippen molar-refractivity contribution < 1.29 is 14.7 Å². The molecule has 0 saturated heterocycles. The smallest absolute Gasteiger partial charge is 0.182 e. The Bertz CT molecular complexity index is 1680. The molecular formula is C31H28BrClN2O3. The third kappa shape index (κ3) is 4.00. The number of phenolic OH excluding ortho intramolecular Hbond substituents is 1. The van der Waals surface area contributed by atoms with Gasteiger partial charge in [0.25, 0.3) is 0 Å². The summed E-state index contributed by atoms with van der Waals surface area (Å²) in [5.41, 5.74) is 5.40. The summed E-state index contributed by atoms with van der Waals surface area (Å²) in [4.78, 5) is 32.8. The van der Waals surface area contributed by atoms with Gasteiger partial charge in [0.15, 0.2) is 11.6 Å². The number of aromatic nitrogens is 2. The Kier molecular flexibility index (Phi) is 5.68. The van der Waals surface area contributed by atoms with Crippen LogP contribution in [-0.4, -0.2) is 26.1 Å². The number of ketones is 2. The van der Waals surface area contributed by atoms with Crippen molar-refractivity contribution in [2.75, 3.05) is 0 Å². The molecule has 0 aliphatic heterocycles. The summed E-state index contributed by atoms with van der Waals surface area (Å²) in [7, 11) is 0. The van der Waals surface area contributed by atoms with Gasteiger partial charge in [0.05, 0.1) is 16.9 Å². The van der Waals surface area contributed by atoms with Crippen LogP contribution < -0.4 is 0 Å². The predicted octanol–water partition coefficient (Wildman–Crippen LogP) is 8.10. The molecular weight excluding hydrogens is 564 g/mol. The molecule has 2 aromatic heterocycles. The summed E-state index contributed by atoms with van der Waals surface area (Å²) in [5.74, 6) is 0.0364. The van der Waals surface area contributed by atoms with Gasteiger partial charge in [-0.05, 0) is 54.0 Å². The number of rotatable bonds is 2. The highest BCUT2D eigenvalue weighted by Gasteiger charge is 2.42. The fraction of sp³-hybridized carbons (Fsp3) is 0.323. The van der Waals surface area contributed by atoms with Crippen LogP contribution in [0.2, 0.25) is 5.02 Å². The fourth-order valence-corrected chi connectivity index (χ4v) is 6.63. The SMILES string of the molecule is CC1(C)CC(=O)c2c(nc(-c3ccc(Br)cc3)c3c(-c4cc(Cl)ccc4O)c4c(n23)CC(C)(C)CC4=O)C1. The van der Waals surface area contributed by atoms with Gasteiger partial charge < -0.3 is 9.51 Å². The van der Waals surface area contributed by atoms with E-state index in [0.717, 1.165) is 21.4 Å². The van der Waals surface area contributed by atoms with Crippen LogP contribution in [0.4, 0.5) is 0 Å². The number of hydrogen-bond acceptors (Lipinski definition) is 4. The molecule has 0 radical (unpaired) electrons. The van der Waals surface area contributed by atoms with Gasteiger partial charge in [-0.3, -0.25) is 9.59 Å². The number of carbonyl (C=O) groups excluding carboxylic acids is 2. The van der Waals surface area contributed by atoms with Gasteiger partial charge in [0.2, 0.25) is 0 Å². The molecule has 1 N–H and O–H groups in total. The van der Waals surface area contributed by atoms with Gasteiger partial charge in [-0.1, -0.05) is 67.4 Å². The molecule has 194 valence electrons. The van der Waals surface area contributed by atoms with Crippen molar-refractivity contribution in [2.45, 2.75) is 53.4 Å². The zero-order valence-electron chi connectivity index (χ0n) is 21.8. The Morgan fingerprint density at radius 1 is 0.895 bits per heavy atom. The minimum absolute atomic E-state index is 0.00609. The van der Waals surface area contributed by atoms with Crippen molar-refractivity contribution in [1.82, 2.24) is 9.38 Å². The molecule has 2 aliphatic carbocycles. The lowest BCUT2D eigenvalue weighted by atomic mass is 9.74. The Morgan fingerprint density at radius 2 is 1.55 bits per heavy atom. The van der Waals surface area contributed by atoms with Crippen LogP contribution in [0.3, 0.4) is 0 Å². The van der Waals surface area contributed by atoms with Crippen molar-refractivity contribution in [3.63, 3.8) is 0 Å². The van der Waals surface area contributed by atoms with Crippen LogP contribution in [0, 0.1) is 10.8 Å². The van der Waals surface area contributed by atoms with Gasteiger partial charge in [-0.25, -0.2) is 4.98 Å². The Hall–Kier alpha value is -2.96. The van der Waals surface area contributed by atoms with E-state index in [1.807, 2.05) is 28.7 Å². The maximum Gasteiger partial charge on any atom is 0.182 e. The van der Waals surface area contributed by atoms with Gasteiger partial charge in [-0.15, -0.1) is 0 Å². The molecule has 0 bridgehead atoms. The summed E-state index contributed by atoms with van der Waals surface area (Å²) in [6.07, 6.45) is 2.03. The van der Waals surface area contributed by atoms with Crippen LogP contribution in [0.25, 0.3) is 27.9 Å². The molecule has 6 rings (SSSR count). The summed E-state index contributed by atoms with van der Waals surface area (Å²) in [6.45, 7) is 8.34. The molecule has 0 unspecified atom stereocenters.